The molecule has 1 heterocycles. The molecule has 0 amide bonds. The lowest BCUT2D eigenvalue weighted by molar-refractivity contribution is -0.145. The zero-order valence-electron chi connectivity index (χ0n) is 11.6. The molecule has 2 N–H and O–H groups in total. The SMILES string of the molecule is CC(C)NC1(C(=O)O)CCC(Sc2ncccc2Cl)C1. The quantitative estimate of drug-likeness (QED) is 0.874. The van der Waals surface area contributed by atoms with Crippen molar-refractivity contribution in [2.75, 3.05) is 0 Å². The minimum absolute atomic E-state index is 0.147. The normalized spacial score (nSPS) is 26.1. The number of hydrogen-bond acceptors (Lipinski definition) is 4. The van der Waals surface area contributed by atoms with E-state index in [9.17, 15) is 9.90 Å². The maximum absolute atomic E-state index is 11.6. The highest BCUT2D eigenvalue weighted by Crippen LogP contribution is 2.41. The molecule has 6 heteroatoms. The van der Waals surface area contributed by atoms with Gasteiger partial charge >= 0.3 is 5.97 Å². The molecule has 0 aliphatic heterocycles. The molecule has 2 atom stereocenters. The average molecular weight is 315 g/mol. The van der Waals surface area contributed by atoms with Gasteiger partial charge in [0.2, 0.25) is 0 Å². The molecule has 0 radical (unpaired) electrons. The molecule has 1 aliphatic rings. The third kappa shape index (κ3) is 3.45. The highest BCUT2D eigenvalue weighted by atomic mass is 35.5. The highest BCUT2D eigenvalue weighted by Gasteiger charge is 2.46. The lowest BCUT2D eigenvalue weighted by Gasteiger charge is -2.28. The van der Waals surface area contributed by atoms with Gasteiger partial charge in [-0.2, -0.15) is 0 Å². The highest BCUT2D eigenvalue weighted by molar-refractivity contribution is 8.00. The van der Waals surface area contributed by atoms with E-state index in [1.54, 1.807) is 24.0 Å². The number of aliphatic carboxylic acids is 1. The molecule has 1 aromatic heterocycles. The molecule has 1 aromatic rings. The molecule has 0 spiro atoms. The van der Waals surface area contributed by atoms with E-state index in [0.717, 1.165) is 11.4 Å². The van der Waals surface area contributed by atoms with Crippen LogP contribution in [-0.4, -0.2) is 32.9 Å². The van der Waals surface area contributed by atoms with Gasteiger partial charge in [0.15, 0.2) is 0 Å². The van der Waals surface area contributed by atoms with Crippen LogP contribution in [-0.2, 0) is 4.79 Å². The van der Waals surface area contributed by atoms with Gasteiger partial charge in [-0.25, -0.2) is 4.98 Å². The van der Waals surface area contributed by atoms with Crippen molar-refractivity contribution in [3.8, 4) is 0 Å². The monoisotopic (exact) mass is 314 g/mol. The number of nitrogens with one attached hydrogen (secondary N) is 1. The Labute approximate surface area is 128 Å². The summed E-state index contributed by atoms with van der Waals surface area (Å²) < 4.78 is 0. The van der Waals surface area contributed by atoms with Gasteiger partial charge in [0, 0.05) is 17.5 Å². The number of rotatable bonds is 5. The molecule has 4 nitrogen and oxygen atoms in total. The Morgan fingerprint density at radius 3 is 3.00 bits per heavy atom. The molecule has 2 unspecified atom stereocenters. The number of pyridine rings is 1. The van der Waals surface area contributed by atoms with E-state index in [2.05, 4.69) is 10.3 Å². The molecule has 1 fully saturated rings. The Balaban J connectivity index is 2.07. The first-order chi connectivity index (χ1) is 9.43. The Morgan fingerprint density at radius 1 is 1.65 bits per heavy atom. The lowest BCUT2D eigenvalue weighted by Crippen LogP contribution is -2.53. The molecule has 1 saturated carbocycles. The second-order valence-electron chi connectivity index (χ2n) is 5.46. The van der Waals surface area contributed by atoms with Crippen LogP contribution >= 0.6 is 23.4 Å². The minimum atomic E-state index is -0.812. The summed E-state index contributed by atoms with van der Waals surface area (Å²) in [6.45, 7) is 3.95. The van der Waals surface area contributed by atoms with Crippen LogP contribution in [0.5, 0.6) is 0 Å². The van der Waals surface area contributed by atoms with Crippen LogP contribution in [0.3, 0.4) is 0 Å². The molecule has 0 bridgehead atoms. The number of halogens is 1. The lowest BCUT2D eigenvalue weighted by atomic mass is 9.97. The van der Waals surface area contributed by atoms with Crippen molar-refractivity contribution >= 4 is 29.3 Å². The van der Waals surface area contributed by atoms with Gasteiger partial charge in [-0.05, 0) is 45.2 Å². The van der Waals surface area contributed by atoms with Crippen LogP contribution in [0.4, 0.5) is 0 Å². The smallest absolute Gasteiger partial charge is 0.323 e. The second-order valence-corrected chi connectivity index (χ2v) is 7.16. The Bertz CT molecular complexity index is 498. The third-order valence-electron chi connectivity index (χ3n) is 3.45. The summed E-state index contributed by atoms with van der Waals surface area (Å²) in [5.74, 6) is -0.763. The third-order valence-corrected chi connectivity index (χ3v) is 5.15. The van der Waals surface area contributed by atoms with Crippen molar-refractivity contribution in [2.45, 2.75) is 55.0 Å². The summed E-state index contributed by atoms with van der Waals surface area (Å²) >= 11 is 7.68. The van der Waals surface area contributed by atoms with Gasteiger partial charge in [-0.3, -0.25) is 10.1 Å². The molecule has 0 aromatic carbocycles. The van der Waals surface area contributed by atoms with Crippen molar-refractivity contribution in [1.82, 2.24) is 10.3 Å². The predicted octanol–water partition coefficient (Wildman–Crippen LogP) is 3.20. The van der Waals surface area contributed by atoms with Crippen LogP contribution in [0, 0.1) is 0 Å². The summed E-state index contributed by atoms with van der Waals surface area (Å²) in [5, 5.41) is 14.4. The molecule has 1 aliphatic carbocycles. The maximum atomic E-state index is 11.6. The van der Waals surface area contributed by atoms with Crippen molar-refractivity contribution in [3.05, 3.63) is 23.4 Å². The van der Waals surface area contributed by atoms with Crippen LogP contribution in [0.2, 0.25) is 5.02 Å². The summed E-state index contributed by atoms with van der Waals surface area (Å²) in [6.07, 6.45) is 3.80. The molecular weight excluding hydrogens is 296 g/mol. The van der Waals surface area contributed by atoms with E-state index in [1.165, 1.54) is 0 Å². The number of hydrogen-bond donors (Lipinski definition) is 2. The number of aromatic nitrogens is 1. The first kappa shape index (κ1) is 15.6. The van der Waals surface area contributed by atoms with Crippen LogP contribution in [0.15, 0.2) is 23.4 Å². The summed E-state index contributed by atoms with van der Waals surface area (Å²) in [7, 11) is 0. The summed E-state index contributed by atoms with van der Waals surface area (Å²) in [5.41, 5.74) is -0.812. The van der Waals surface area contributed by atoms with Crippen molar-refractivity contribution in [3.63, 3.8) is 0 Å². The first-order valence-electron chi connectivity index (χ1n) is 6.71. The molecular formula is C14H19ClN2O2S. The van der Waals surface area contributed by atoms with Crippen LogP contribution in [0.25, 0.3) is 0 Å². The van der Waals surface area contributed by atoms with E-state index in [0.29, 0.717) is 17.9 Å². The predicted molar refractivity (Wildman–Crippen MR) is 81.4 cm³/mol. The van der Waals surface area contributed by atoms with E-state index in [-0.39, 0.29) is 11.3 Å². The van der Waals surface area contributed by atoms with Crippen LogP contribution in [0.1, 0.15) is 33.1 Å². The van der Waals surface area contributed by atoms with E-state index < -0.39 is 11.5 Å². The topological polar surface area (TPSA) is 62.2 Å². The number of carbonyl (C=O) groups is 1. The van der Waals surface area contributed by atoms with E-state index >= 15 is 0 Å². The van der Waals surface area contributed by atoms with Gasteiger partial charge in [0.05, 0.1) is 5.02 Å². The van der Waals surface area contributed by atoms with E-state index in [4.69, 9.17) is 11.6 Å². The minimum Gasteiger partial charge on any atom is -0.480 e. The second kappa shape index (κ2) is 6.33. The summed E-state index contributed by atoms with van der Waals surface area (Å²) in [4.78, 5) is 15.9. The number of carboxylic acid groups (broad SMARTS) is 1. The molecule has 0 saturated heterocycles. The first-order valence-corrected chi connectivity index (χ1v) is 7.97. The van der Waals surface area contributed by atoms with Gasteiger partial charge in [-0.15, -0.1) is 11.8 Å². The Hall–Kier alpha value is -0.780. The number of carboxylic acids is 1. The molecule has 110 valence electrons. The van der Waals surface area contributed by atoms with Crippen LogP contribution < -0.4 is 5.32 Å². The molecule has 2 rings (SSSR count). The van der Waals surface area contributed by atoms with Gasteiger partial charge in [0.1, 0.15) is 10.6 Å². The summed E-state index contributed by atoms with van der Waals surface area (Å²) in [6, 6.07) is 3.75. The number of nitrogens with zero attached hydrogens (tertiary/aromatic N) is 1. The van der Waals surface area contributed by atoms with Gasteiger partial charge < -0.3 is 5.11 Å². The molecule has 20 heavy (non-hydrogen) atoms. The fourth-order valence-corrected chi connectivity index (χ4v) is 4.13. The van der Waals surface area contributed by atoms with Gasteiger partial charge in [0.25, 0.3) is 0 Å². The number of thioether (sulfide) groups is 1. The fraction of sp³-hybridized carbons (Fsp3) is 0.571. The zero-order chi connectivity index (χ0) is 14.8. The van der Waals surface area contributed by atoms with Crippen molar-refractivity contribution in [2.24, 2.45) is 0 Å². The van der Waals surface area contributed by atoms with E-state index in [1.807, 2.05) is 19.9 Å². The largest absolute Gasteiger partial charge is 0.480 e. The van der Waals surface area contributed by atoms with Crippen molar-refractivity contribution in [1.29, 1.82) is 0 Å². The zero-order valence-corrected chi connectivity index (χ0v) is 13.2. The Morgan fingerprint density at radius 2 is 2.40 bits per heavy atom. The van der Waals surface area contributed by atoms with Gasteiger partial charge in [-0.1, -0.05) is 11.6 Å². The standard InChI is InChI=1S/C14H19ClN2O2S/c1-9(2)17-14(13(18)19)6-5-10(8-14)20-12-11(15)4-3-7-16-12/h3-4,7,9-10,17H,5-6,8H2,1-2H3,(H,18,19). The Kier molecular flexibility index (Phi) is 4.94. The van der Waals surface area contributed by atoms with Crippen molar-refractivity contribution < 1.29 is 9.90 Å². The fourth-order valence-electron chi connectivity index (χ4n) is 2.66. The average Bonchev–Trinajstić information content (AvgIpc) is 2.76. The maximum Gasteiger partial charge on any atom is 0.323 e.